The van der Waals surface area contributed by atoms with Gasteiger partial charge >= 0.3 is 11.6 Å². The Hall–Kier alpha value is -3.49. The second-order valence-electron chi connectivity index (χ2n) is 7.46. The van der Waals surface area contributed by atoms with Gasteiger partial charge < -0.3 is 28.3 Å². The quantitative estimate of drug-likeness (QED) is 0.240. The van der Waals surface area contributed by atoms with E-state index in [9.17, 15) is 9.59 Å². The number of hydrogen-bond donors (Lipinski definition) is 0. The Morgan fingerprint density at radius 3 is 2.35 bits per heavy atom. The monoisotopic (exact) mass is 489 g/mol. The van der Waals surface area contributed by atoms with Crippen molar-refractivity contribution in [3.63, 3.8) is 0 Å². The largest absolute Gasteiger partial charge is 0.493 e. The van der Waals surface area contributed by atoms with Crippen LogP contribution in [0.1, 0.15) is 11.1 Å². The third-order valence-corrected chi connectivity index (χ3v) is 4.80. The van der Waals surface area contributed by atoms with Gasteiger partial charge in [-0.05, 0) is 43.9 Å². The summed E-state index contributed by atoms with van der Waals surface area (Å²) >= 11 is 0. The standard InChI is InChI=1S/C25H27NO7.ClH/c1-26(2)11-12-31-19-8-5-17(6-9-19)7-10-24(27)32-16-18-13-25(28)33-21-15-23(30-4)22(29-3)14-20(18)21;/h5-10,13-15H,11-12,16H2,1-4H3;1H/b10-7+;. The Balaban J connectivity index is 0.00000408. The molecule has 2 aromatic carbocycles. The van der Waals surface area contributed by atoms with Gasteiger partial charge in [0.05, 0.1) is 14.2 Å². The maximum absolute atomic E-state index is 12.2. The number of halogens is 1. The lowest BCUT2D eigenvalue weighted by Crippen LogP contribution is -2.19. The average molecular weight is 490 g/mol. The molecule has 0 N–H and O–H groups in total. The molecule has 182 valence electrons. The molecule has 0 aliphatic carbocycles. The second-order valence-corrected chi connectivity index (χ2v) is 7.46. The van der Waals surface area contributed by atoms with Crippen LogP contribution < -0.4 is 19.8 Å². The predicted octanol–water partition coefficient (Wildman–Crippen LogP) is 3.93. The van der Waals surface area contributed by atoms with Gasteiger partial charge in [0, 0.05) is 35.7 Å². The molecule has 0 unspecified atom stereocenters. The van der Waals surface area contributed by atoms with Crippen molar-refractivity contribution in [3.05, 3.63) is 70.1 Å². The fourth-order valence-corrected chi connectivity index (χ4v) is 3.06. The number of carbonyl (C=O) groups excluding carboxylic acids is 1. The van der Waals surface area contributed by atoms with E-state index < -0.39 is 11.6 Å². The summed E-state index contributed by atoms with van der Waals surface area (Å²) in [4.78, 5) is 26.2. The fraction of sp³-hybridized carbons (Fsp3) is 0.280. The van der Waals surface area contributed by atoms with Crippen molar-refractivity contribution in [1.82, 2.24) is 4.90 Å². The highest BCUT2D eigenvalue weighted by Gasteiger charge is 2.13. The Labute approximate surface area is 204 Å². The number of carbonyl (C=O) groups is 1. The number of nitrogens with zero attached hydrogens (tertiary/aromatic N) is 1. The van der Waals surface area contributed by atoms with E-state index in [2.05, 4.69) is 0 Å². The van der Waals surface area contributed by atoms with Crippen LogP contribution in [0.25, 0.3) is 17.0 Å². The van der Waals surface area contributed by atoms with E-state index in [0.717, 1.165) is 17.9 Å². The molecule has 0 saturated heterocycles. The molecule has 0 radical (unpaired) electrons. The highest BCUT2D eigenvalue weighted by Crippen LogP contribution is 2.33. The number of methoxy groups -OCH3 is 2. The first-order valence-electron chi connectivity index (χ1n) is 10.3. The molecule has 0 amide bonds. The minimum absolute atomic E-state index is 0. The summed E-state index contributed by atoms with van der Waals surface area (Å²) in [5.41, 5.74) is 1.09. The number of ether oxygens (including phenoxy) is 4. The SMILES string of the molecule is COc1cc2oc(=O)cc(COC(=O)/C=C/c3ccc(OCCN(C)C)cc3)c2cc1OC.Cl. The minimum Gasteiger partial charge on any atom is -0.493 e. The molecule has 1 aromatic heterocycles. The van der Waals surface area contributed by atoms with Crippen LogP contribution in [0.4, 0.5) is 0 Å². The second kappa shape index (κ2) is 12.7. The van der Waals surface area contributed by atoms with Crippen LogP contribution in [0.15, 0.2) is 57.8 Å². The van der Waals surface area contributed by atoms with Crippen molar-refractivity contribution in [2.45, 2.75) is 6.61 Å². The van der Waals surface area contributed by atoms with Crippen molar-refractivity contribution in [3.8, 4) is 17.2 Å². The third-order valence-electron chi connectivity index (χ3n) is 4.80. The fourth-order valence-electron chi connectivity index (χ4n) is 3.06. The van der Waals surface area contributed by atoms with Gasteiger partial charge in [-0.2, -0.15) is 0 Å². The molecular formula is C25H28ClNO7. The zero-order valence-corrected chi connectivity index (χ0v) is 20.3. The van der Waals surface area contributed by atoms with E-state index >= 15 is 0 Å². The van der Waals surface area contributed by atoms with Gasteiger partial charge in [0.15, 0.2) is 11.5 Å². The maximum Gasteiger partial charge on any atom is 0.336 e. The van der Waals surface area contributed by atoms with Gasteiger partial charge in [-0.1, -0.05) is 12.1 Å². The van der Waals surface area contributed by atoms with E-state index in [1.807, 2.05) is 43.3 Å². The first-order chi connectivity index (χ1) is 15.9. The third kappa shape index (κ3) is 7.26. The topological polar surface area (TPSA) is 87.4 Å². The molecule has 0 bridgehead atoms. The first-order valence-corrected chi connectivity index (χ1v) is 10.3. The van der Waals surface area contributed by atoms with Crippen molar-refractivity contribution in [2.75, 3.05) is 41.5 Å². The van der Waals surface area contributed by atoms with E-state index in [1.54, 1.807) is 18.2 Å². The number of rotatable bonds is 10. The number of hydrogen-bond acceptors (Lipinski definition) is 8. The lowest BCUT2D eigenvalue weighted by Gasteiger charge is -2.11. The van der Waals surface area contributed by atoms with Crippen molar-refractivity contribution in [1.29, 1.82) is 0 Å². The average Bonchev–Trinajstić information content (AvgIpc) is 2.80. The summed E-state index contributed by atoms with van der Waals surface area (Å²) < 4.78 is 26.8. The smallest absolute Gasteiger partial charge is 0.336 e. The van der Waals surface area contributed by atoms with E-state index in [1.165, 1.54) is 26.4 Å². The molecule has 0 aliphatic heterocycles. The number of fused-ring (bicyclic) bond motifs is 1. The summed E-state index contributed by atoms with van der Waals surface area (Å²) in [6, 6.07) is 11.9. The number of esters is 1. The highest BCUT2D eigenvalue weighted by molar-refractivity contribution is 5.88. The summed E-state index contributed by atoms with van der Waals surface area (Å²) in [5.74, 6) is 1.13. The Morgan fingerprint density at radius 2 is 1.71 bits per heavy atom. The zero-order chi connectivity index (χ0) is 23.8. The molecular weight excluding hydrogens is 462 g/mol. The van der Waals surface area contributed by atoms with Gasteiger partial charge in [-0.25, -0.2) is 9.59 Å². The maximum atomic E-state index is 12.2. The van der Waals surface area contributed by atoms with Crippen molar-refractivity contribution >= 4 is 35.4 Å². The van der Waals surface area contributed by atoms with Crippen LogP contribution in [0.2, 0.25) is 0 Å². The Morgan fingerprint density at radius 1 is 1.03 bits per heavy atom. The van der Waals surface area contributed by atoms with Crippen molar-refractivity contribution in [2.24, 2.45) is 0 Å². The normalized spacial score (nSPS) is 10.9. The van der Waals surface area contributed by atoms with Crippen LogP contribution in [-0.2, 0) is 16.1 Å². The van der Waals surface area contributed by atoms with Crippen LogP contribution in [0.5, 0.6) is 17.2 Å². The molecule has 1 heterocycles. The summed E-state index contributed by atoms with van der Waals surface area (Å²) in [6.07, 6.45) is 2.98. The molecule has 8 nitrogen and oxygen atoms in total. The molecule has 0 spiro atoms. The van der Waals surface area contributed by atoms with Gasteiger partial charge in [0.25, 0.3) is 0 Å². The molecule has 0 atom stereocenters. The van der Waals surface area contributed by atoms with Crippen LogP contribution in [0, 0.1) is 0 Å². The van der Waals surface area contributed by atoms with E-state index in [0.29, 0.717) is 34.6 Å². The van der Waals surface area contributed by atoms with Crippen LogP contribution >= 0.6 is 12.4 Å². The number of benzene rings is 2. The molecule has 0 aliphatic rings. The van der Waals surface area contributed by atoms with Crippen molar-refractivity contribution < 1.29 is 28.2 Å². The minimum atomic E-state index is -0.552. The zero-order valence-electron chi connectivity index (χ0n) is 19.5. The highest BCUT2D eigenvalue weighted by atomic mass is 35.5. The molecule has 3 aromatic rings. The Kier molecular flexibility index (Phi) is 9.97. The summed E-state index contributed by atoms with van der Waals surface area (Å²) in [5, 5.41) is 0.592. The molecule has 3 rings (SSSR count). The lowest BCUT2D eigenvalue weighted by atomic mass is 10.1. The van der Waals surface area contributed by atoms with Crippen LogP contribution in [0.3, 0.4) is 0 Å². The first kappa shape index (κ1) is 26.8. The van der Waals surface area contributed by atoms with Gasteiger partial charge in [-0.15, -0.1) is 12.4 Å². The van der Waals surface area contributed by atoms with E-state index in [-0.39, 0.29) is 19.0 Å². The molecule has 0 fully saturated rings. The Bertz CT molecular complexity index is 1190. The van der Waals surface area contributed by atoms with Gasteiger partial charge in [0.2, 0.25) is 0 Å². The van der Waals surface area contributed by atoms with Gasteiger partial charge in [0.1, 0.15) is 24.5 Å². The number of likely N-dealkylation sites (N-methyl/N-ethyl adjacent to an activating group) is 1. The summed E-state index contributed by atoms with van der Waals surface area (Å²) in [7, 11) is 6.97. The van der Waals surface area contributed by atoms with Crippen LogP contribution in [-0.4, -0.2) is 52.3 Å². The lowest BCUT2D eigenvalue weighted by molar-refractivity contribution is -0.138. The van der Waals surface area contributed by atoms with Gasteiger partial charge in [-0.3, -0.25) is 0 Å². The predicted molar refractivity (Wildman–Crippen MR) is 132 cm³/mol. The summed E-state index contributed by atoms with van der Waals surface area (Å²) in [6.45, 7) is 1.32. The molecule has 34 heavy (non-hydrogen) atoms. The molecule has 0 saturated carbocycles. The molecule has 9 heteroatoms. The van der Waals surface area contributed by atoms with E-state index in [4.69, 9.17) is 23.4 Å².